The molecule has 216 valence electrons. The Morgan fingerprint density at radius 2 is 1.41 bits per heavy atom. The molecule has 2 amide bonds. The van der Waals surface area contributed by atoms with Crippen molar-refractivity contribution in [2.24, 2.45) is 11.8 Å². The van der Waals surface area contributed by atoms with Gasteiger partial charge in [-0.25, -0.2) is 0 Å². The number of benzene rings is 3. The molecule has 3 aromatic rings. The molecule has 10 heteroatoms. The van der Waals surface area contributed by atoms with Gasteiger partial charge in [0.1, 0.15) is 23.2 Å². The van der Waals surface area contributed by atoms with Crippen LogP contribution >= 0.6 is 23.2 Å². The van der Waals surface area contributed by atoms with Gasteiger partial charge in [0, 0.05) is 12.3 Å². The highest BCUT2D eigenvalue weighted by molar-refractivity contribution is 6.42. The number of halogens is 2. The number of rotatable bonds is 9. The molecular weight excluding hydrogens is 567 g/mol. The molecule has 0 radical (unpaired) electrons. The molecule has 0 spiro atoms. The minimum atomic E-state index is -1.79. The number of hydrogen-bond donors (Lipinski definition) is 3. The van der Waals surface area contributed by atoms with Gasteiger partial charge < -0.3 is 25.2 Å². The van der Waals surface area contributed by atoms with Crippen molar-refractivity contribution in [3.63, 3.8) is 0 Å². The van der Waals surface area contributed by atoms with Crippen LogP contribution in [0.4, 0.5) is 11.4 Å². The summed E-state index contributed by atoms with van der Waals surface area (Å²) in [4.78, 5) is 41.5. The van der Waals surface area contributed by atoms with Gasteiger partial charge in [-0.2, -0.15) is 0 Å². The topological polar surface area (TPSA) is 114 Å². The van der Waals surface area contributed by atoms with E-state index in [-0.39, 0.29) is 10.0 Å². The van der Waals surface area contributed by atoms with Crippen LogP contribution in [-0.4, -0.2) is 41.5 Å². The number of hydrogen-bond acceptors (Lipinski definition) is 6. The fourth-order valence-electron chi connectivity index (χ4n) is 5.34. The first-order valence-electron chi connectivity index (χ1n) is 13.3. The zero-order chi connectivity index (χ0) is 29.7. The molecule has 0 heterocycles. The Balaban J connectivity index is 1.79. The van der Waals surface area contributed by atoms with E-state index >= 15 is 0 Å². The molecule has 1 aliphatic carbocycles. The Labute approximate surface area is 248 Å². The zero-order valence-electron chi connectivity index (χ0n) is 22.9. The van der Waals surface area contributed by atoms with E-state index in [0.717, 1.165) is 0 Å². The van der Waals surface area contributed by atoms with Crippen molar-refractivity contribution >= 4 is 52.2 Å². The lowest BCUT2D eigenvalue weighted by molar-refractivity contribution is -0.150. The highest BCUT2D eigenvalue weighted by Gasteiger charge is 2.56. The van der Waals surface area contributed by atoms with Crippen LogP contribution in [0, 0.1) is 11.8 Å². The van der Waals surface area contributed by atoms with Crippen molar-refractivity contribution in [3.8, 4) is 11.5 Å². The molecule has 4 rings (SSSR count). The van der Waals surface area contributed by atoms with Gasteiger partial charge in [0.15, 0.2) is 0 Å². The number of amides is 2. The van der Waals surface area contributed by atoms with E-state index in [1.807, 2.05) is 13.8 Å². The van der Waals surface area contributed by atoms with Gasteiger partial charge in [-0.3, -0.25) is 14.4 Å². The molecule has 1 fully saturated rings. The minimum absolute atomic E-state index is 0.184. The Morgan fingerprint density at radius 3 is 1.95 bits per heavy atom. The summed E-state index contributed by atoms with van der Waals surface area (Å²) in [5, 5.41) is 17.7. The first kappa shape index (κ1) is 30.4. The summed E-state index contributed by atoms with van der Waals surface area (Å²) in [5.74, 6) is -4.51. The Kier molecular flexibility index (Phi) is 9.58. The summed E-state index contributed by atoms with van der Waals surface area (Å²) in [7, 11) is 0. The lowest BCUT2D eigenvalue weighted by Crippen LogP contribution is -2.56. The first-order valence-corrected chi connectivity index (χ1v) is 14.1. The van der Waals surface area contributed by atoms with Crippen LogP contribution in [-0.2, 0) is 14.4 Å². The molecule has 8 nitrogen and oxygen atoms in total. The molecule has 3 N–H and O–H groups in total. The van der Waals surface area contributed by atoms with Gasteiger partial charge in [-0.05, 0) is 62.7 Å². The van der Waals surface area contributed by atoms with Crippen molar-refractivity contribution in [2.75, 3.05) is 23.8 Å². The van der Waals surface area contributed by atoms with Crippen molar-refractivity contribution in [3.05, 3.63) is 82.3 Å². The second-order valence-corrected chi connectivity index (χ2v) is 10.8. The van der Waals surface area contributed by atoms with E-state index in [1.165, 1.54) is 19.1 Å². The smallest absolute Gasteiger partial charge is 0.235 e. The van der Waals surface area contributed by atoms with Crippen LogP contribution in [0.3, 0.4) is 0 Å². The molecule has 0 aromatic heterocycles. The SMILES string of the molecule is CCOc1ccccc1NC(=O)C1C(=O)CC(C)(O)C(C(=O)Nc2ccccc2OCC)C1c1ccc(Cl)c(Cl)c1. The standard InChI is InChI=1S/C31H32Cl2N2O6/c1-4-40-24-12-8-6-10-21(24)34-29(37)27-23(36)17-31(3,39)28(26(27)18-14-15-19(32)20(33)16-18)30(38)35-22-11-7-9-13-25(22)41-5-2/h6-16,26-28,39H,4-5,17H2,1-3H3,(H,34,37)(H,35,38). The predicted molar refractivity (Wildman–Crippen MR) is 159 cm³/mol. The maximum absolute atomic E-state index is 14.0. The van der Waals surface area contributed by atoms with Crippen LogP contribution < -0.4 is 20.1 Å². The summed E-state index contributed by atoms with van der Waals surface area (Å²) in [6.45, 7) is 5.81. The second-order valence-electron chi connectivity index (χ2n) is 9.99. The molecule has 4 atom stereocenters. The maximum Gasteiger partial charge on any atom is 0.235 e. The molecule has 4 unspecified atom stereocenters. The van der Waals surface area contributed by atoms with Gasteiger partial charge in [0.25, 0.3) is 0 Å². The third-order valence-corrected chi connectivity index (χ3v) is 7.79. The van der Waals surface area contributed by atoms with E-state index in [1.54, 1.807) is 54.6 Å². The predicted octanol–water partition coefficient (Wildman–Crippen LogP) is 6.11. The number of ether oxygens (including phenoxy) is 2. The average molecular weight is 600 g/mol. The van der Waals surface area contributed by atoms with Gasteiger partial charge >= 0.3 is 0 Å². The minimum Gasteiger partial charge on any atom is -0.492 e. The highest BCUT2D eigenvalue weighted by atomic mass is 35.5. The van der Waals surface area contributed by atoms with Crippen molar-refractivity contribution < 1.29 is 29.0 Å². The summed E-state index contributed by atoms with van der Waals surface area (Å²) >= 11 is 12.5. The first-order chi connectivity index (χ1) is 19.6. The monoisotopic (exact) mass is 598 g/mol. The number of anilines is 2. The van der Waals surface area contributed by atoms with E-state index in [4.69, 9.17) is 32.7 Å². The van der Waals surface area contributed by atoms with Gasteiger partial charge in [0.05, 0.1) is 46.2 Å². The van der Waals surface area contributed by atoms with E-state index < -0.39 is 47.4 Å². The summed E-state index contributed by atoms with van der Waals surface area (Å²) in [6, 6.07) is 18.4. The van der Waals surface area contributed by atoms with Crippen molar-refractivity contribution in [2.45, 2.75) is 38.7 Å². The largest absolute Gasteiger partial charge is 0.492 e. The molecule has 0 bridgehead atoms. The summed E-state index contributed by atoms with van der Waals surface area (Å²) < 4.78 is 11.3. The van der Waals surface area contributed by atoms with Crippen molar-refractivity contribution in [1.82, 2.24) is 0 Å². The summed E-state index contributed by atoms with van der Waals surface area (Å²) in [5.41, 5.74) is -0.613. The fourth-order valence-corrected chi connectivity index (χ4v) is 5.64. The average Bonchev–Trinajstić information content (AvgIpc) is 2.91. The molecule has 0 saturated heterocycles. The maximum atomic E-state index is 14.0. The second kappa shape index (κ2) is 12.9. The number of ketones is 1. The lowest BCUT2D eigenvalue weighted by atomic mass is 9.61. The zero-order valence-corrected chi connectivity index (χ0v) is 24.5. The molecule has 3 aromatic carbocycles. The quantitative estimate of drug-likeness (QED) is 0.256. The van der Waals surface area contributed by atoms with Crippen LogP contribution in [0.5, 0.6) is 11.5 Å². The molecule has 41 heavy (non-hydrogen) atoms. The number of aliphatic hydroxyl groups is 1. The van der Waals surface area contributed by atoms with Crippen molar-refractivity contribution in [1.29, 1.82) is 0 Å². The fraction of sp³-hybridized carbons (Fsp3) is 0.323. The van der Waals surface area contributed by atoms with Gasteiger partial charge in [-0.15, -0.1) is 0 Å². The van der Waals surface area contributed by atoms with Crippen LogP contribution in [0.2, 0.25) is 10.0 Å². The Hall–Kier alpha value is -3.59. The van der Waals surface area contributed by atoms with Crippen LogP contribution in [0.1, 0.15) is 38.7 Å². The number of nitrogens with one attached hydrogen (secondary N) is 2. The highest BCUT2D eigenvalue weighted by Crippen LogP contribution is 2.48. The third kappa shape index (κ3) is 6.67. The van der Waals surface area contributed by atoms with Crippen LogP contribution in [0.15, 0.2) is 66.7 Å². The number of para-hydroxylation sites is 4. The third-order valence-electron chi connectivity index (χ3n) is 7.05. The van der Waals surface area contributed by atoms with E-state index in [9.17, 15) is 19.5 Å². The summed E-state index contributed by atoms with van der Waals surface area (Å²) in [6.07, 6.45) is -0.415. The molecule has 1 aliphatic rings. The number of Topliss-reactive ketones (excluding diaryl/α,β-unsaturated/α-hetero) is 1. The number of carbonyl (C=O) groups excluding carboxylic acids is 3. The normalized spacial score (nSPS) is 22.1. The Bertz CT molecular complexity index is 1440. The van der Waals surface area contributed by atoms with Gasteiger partial charge in [0.2, 0.25) is 11.8 Å². The molecule has 1 saturated carbocycles. The number of carbonyl (C=O) groups is 3. The van der Waals surface area contributed by atoms with Gasteiger partial charge in [-0.1, -0.05) is 53.5 Å². The van der Waals surface area contributed by atoms with E-state index in [2.05, 4.69) is 10.6 Å². The molecule has 0 aliphatic heterocycles. The van der Waals surface area contributed by atoms with Crippen LogP contribution in [0.25, 0.3) is 0 Å². The van der Waals surface area contributed by atoms with E-state index in [0.29, 0.717) is 41.7 Å². The Morgan fingerprint density at radius 1 is 0.878 bits per heavy atom. The lowest BCUT2D eigenvalue weighted by Gasteiger charge is -2.44. The molecular formula is C31H32Cl2N2O6.